The Morgan fingerprint density at radius 1 is 0.667 bits per heavy atom. The maximum Gasteiger partial charge on any atom is 0.131 e. The fourth-order valence-corrected chi connectivity index (χ4v) is 6.25. The van der Waals surface area contributed by atoms with Crippen LogP contribution in [0.15, 0.2) is 0 Å². The zero-order valence-electron chi connectivity index (χ0n) is 9.56. The fourth-order valence-electron chi connectivity index (χ4n) is 6.25. The monoisotopic (exact) mass is 256 g/mol. The fraction of sp³-hybridized carbons (Fsp3) is 1.00. The summed E-state index contributed by atoms with van der Waals surface area (Å²) in [6, 6.07) is 0. The van der Waals surface area contributed by atoms with Gasteiger partial charge in [0, 0.05) is 23.7 Å². The smallest absolute Gasteiger partial charge is 0.131 e. The van der Waals surface area contributed by atoms with Gasteiger partial charge in [0.1, 0.15) is 22.4 Å². The van der Waals surface area contributed by atoms with E-state index >= 15 is 0 Å². The summed E-state index contributed by atoms with van der Waals surface area (Å²) >= 11 is 0. The second kappa shape index (κ2) is 2.17. The van der Waals surface area contributed by atoms with Gasteiger partial charge >= 0.3 is 0 Å². The van der Waals surface area contributed by atoms with Gasteiger partial charge in [0.15, 0.2) is 0 Å². The standard InChI is InChI=1S/C12H16O6/c13-5-1-3-7-8-4-2-6(14)10(4,16)12(8,18)11(7,17)9(3,5)15/h3-8,13-18H,1-2H2. The van der Waals surface area contributed by atoms with E-state index in [1.807, 2.05) is 0 Å². The highest BCUT2D eigenvalue weighted by atomic mass is 16.5. The number of hydrogen-bond donors (Lipinski definition) is 6. The second-order valence-corrected chi connectivity index (χ2v) is 6.95. The van der Waals surface area contributed by atoms with Crippen LogP contribution in [0.5, 0.6) is 0 Å². The van der Waals surface area contributed by atoms with Crippen LogP contribution in [0.1, 0.15) is 12.8 Å². The highest BCUT2D eigenvalue weighted by molar-refractivity contribution is 5.53. The third-order valence-electron chi connectivity index (χ3n) is 7.12. The van der Waals surface area contributed by atoms with Crippen LogP contribution in [0.4, 0.5) is 0 Å². The Balaban J connectivity index is 1.64. The summed E-state index contributed by atoms with van der Waals surface area (Å²) in [7, 11) is 0. The molecule has 0 bridgehead atoms. The van der Waals surface area contributed by atoms with Crippen molar-refractivity contribution in [3.8, 4) is 0 Å². The quantitative estimate of drug-likeness (QED) is 0.256. The first-order valence-electron chi connectivity index (χ1n) is 6.53. The summed E-state index contributed by atoms with van der Waals surface area (Å²) < 4.78 is 0. The number of fused-ring (bicyclic) bond motifs is 10. The van der Waals surface area contributed by atoms with Crippen LogP contribution in [0.3, 0.4) is 0 Å². The third-order valence-corrected chi connectivity index (χ3v) is 7.12. The summed E-state index contributed by atoms with van der Waals surface area (Å²) in [5.74, 6) is -0.891. The predicted molar refractivity (Wildman–Crippen MR) is 55.0 cm³/mol. The topological polar surface area (TPSA) is 121 Å². The molecule has 10 atom stereocenters. The van der Waals surface area contributed by atoms with E-state index in [2.05, 4.69) is 0 Å². The van der Waals surface area contributed by atoms with Gasteiger partial charge in [-0.3, -0.25) is 0 Å². The van der Waals surface area contributed by atoms with E-state index in [0.717, 1.165) is 0 Å². The molecule has 0 saturated heterocycles. The lowest BCUT2D eigenvalue weighted by atomic mass is 9.14. The molecular formula is C12H16O6. The first-order valence-corrected chi connectivity index (χ1v) is 6.53. The van der Waals surface area contributed by atoms with Crippen LogP contribution in [0, 0.1) is 23.7 Å². The van der Waals surface area contributed by atoms with Gasteiger partial charge in [-0.15, -0.1) is 0 Å². The molecule has 6 N–H and O–H groups in total. The van der Waals surface area contributed by atoms with E-state index in [1.54, 1.807) is 0 Å². The molecule has 5 saturated carbocycles. The Morgan fingerprint density at radius 2 is 1.00 bits per heavy atom. The molecule has 0 aromatic heterocycles. The van der Waals surface area contributed by atoms with Gasteiger partial charge in [-0.25, -0.2) is 0 Å². The molecule has 5 aliphatic rings. The Bertz CT molecular complexity index is 453. The molecule has 0 aromatic carbocycles. The minimum Gasteiger partial charge on any atom is -0.390 e. The van der Waals surface area contributed by atoms with E-state index in [9.17, 15) is 30.6 Å². The lowest BCUT2D eigenvalue weighted by Gasteiger charge is -2.94. The number of hydrogen-bond acceptors (Lipinski definition) is 6. The SMILES string of the molecule is OC1CC2C3C4C5CC(O)C5(O)C4(O)C3(O)C12O. The normalized spacial score (nSPS) is 82.3. The van der Waals surface area contributed by atoms with Crippen molar-refractivity contribution >= 4 is 0 Å². The Morgan fingerprint density at radius 3 is 1.28 bits per heavy atom. The van der Waals surface area contributed by atoms with Crippen LogP contribution >= 0.6 is 0 Å². The average molecular weight is 256 g/mol. The first-order chi connectivity index (χ1) is 8.27. The molecule has 0 aliphatic heterocycles. The summed E-state index contributed by atoms with van der Waals surface area (Å²) in [6.07, 6.45) is -1.25. The van der Waals surface area contributed by atoms with Crippen molar-refractivity contribution in [3.63, 3.8) is 0 Å². The molecule has 0 aromatic rings. The molecule has 6 heteroatoms. The summed E-state index contributed by atoms with van der Waals surface area (Å²) in [5, 5.41) is 61.3. The number of rotatable bonds is 0. The molecule has 100 valence electrons. The molecule has 0 heterocycles. The highest BCUT2D eigenvalue weighted by Gasteiger charge is 3.04. The molecule has 0 radical (unpaired) electrons. The van der Waals surface area contributed by atoms with Crippen LogP contribution in [0.25, 0.3) is 0 Å². The zero-order chi connectivity index (χ0) is 12.9. The Hall–Kier alpha value is -0.240. The largest absolute Gasteiger partial charge is 0.390 e. The van der Waals surface area contributed by atoms with Gasteiger partial charge in [-0.05, 0) is 12.8 Å². The minimum atomic E-state index is -1.86. The lowest BCUT2D eigenvalue weighted by Crippen LogP contribution is -3.11. The van der Waals surface area contributed by atoms with Crippen molar-refractivity contribution in [2.75, 3.05) is 0 Å². The van der Waals surface area contributed by atoms with E-state index < -0.39 is 34.6 Å². The van der Waals surface area contributed by atoms with Gasteiger partial charge in [0.05, 0.1) is 12.2 Å². The Kier molecular flexibility index (Phi) is 1.27. The average Bonchev–Trinajstić information content (AvgIpc) is 2.36. The zero-order valence-corrected chi connectivity index (χ0v) is 9.56. The number of aliphatic hydroxyl groups excluding tert-OH is 2. The van der Waals surface area contributed by atoms with Gasteiger partial charge < -0.3 is 30.6 Å². The van der Waals surface area contributed by atoms with Crippen LogP contribution in [-0.4, -0.2) is 65.3 Å². The summed E-state index contributed by atoms with van der Waals surface area (Å²) in [4.78, 5) is 0. The van der Waals surface area contributed by atoms with Crippen molar-refractivity contribution in [2.24, 2.45) is 23.7 Å². The van der Waals surface area contributed by atoms with Crippen molar-refractivity contribution in [1.82, 2.24) is 0 Å². The molecule has 5 fully saturated rings. The first kappa shape index (κ1) is 10.5. The van der Waals surface area contributed by atoms with Gasteiger partial charge in [-0.1, -0.05) is 0 Å². The van der Waals surface area contributed by atoms with E-state index in [1.165, 1.54) is 0 Å². The van der Waals surface area contributed by atoms with E-state index in [0.29, 0.717) is 12.8 Å². The van der Waals surface area contributed by atoms with Crippen molar-refractivity contribution in [2.45, 2.75) is 47.5 Å². The molecule has 18 heavy (non-hydrogen) atoms. The van der Waals surface area contributed by atoms with Crippen LogP contribution in [0.2, 0.25) is 0 Å². The predicted octanol–water partition coefficient (Wildman–Crippen LogP) is -3.05. The van der Waals surface area contributed by atoms with Gasteiger partial charge in [0.25, 0.3) is 0 Å². The van der Waals surface area contributed by atoms with Crippen LogP contribution in [-0.2, 0) is 0 Å². The molecule has 0 spiro atoms. The van der Waals surface area contributed by atoms with E-state index in [-0.39, 0.29) is 23.7 Å². The molecule has 5 aliphatic carbocycles. The number of aliphatic hydroxyl groups is 6. The lowest BCUT2D eigenvalue weighted by molar-refractivity contribution is -0.589. The van der Waals surface area contributed by atoms with E-state index in [4.69, 9.17) is 0 Å². The van der Waals surface area contributed by atoms with Crippen molar-refractivity contribution in [3.05, 3.63) is 0 Å². The molecule has 10 unspecified atom stereocenters. The Labute approximate surface area is 102 Å². The maximum absolute atomic E-state index is 10.6. The molecule has 6 nitrogen and oxygen atoms in total. The molecule has 5 rings (SSSR count). The molecule has 0 amide bonds. The third kappa shape index (κ3) is 0.501. The maximum atomic E-state index is 10.6. The van der Waals surface area contributed by atoms with Crippen molar-refractivity contribution in [1.29, 1.82) is 0 Å². The minimum absolute atomic E-state index is 0.190. The summed E-state index contributed by atoms with van der Waals surface area (Å²) in [6.45, 7) is 0. The molecular weight excluding hydrogens is 240 g/mol. The van der Waals surface area contributed by atoms with Gasteiger partial charge in [-0.2, -0.15) is 0 Å². The highest BCUT2D eigenvalue weighted by Crippen LogP contribution is 2.88. The van der Waals surface area contributed by atoms with Gasteiger partial charge in [0.2, 0.25) is 0 Å². The summed E-state index contributed by atoms with van der Waals surface area (Å²) in [5.41, 5.74) is -7.14. The van der Waals surface area contributed by atoms with Crippen LogP contribution < -0.4 is 0 Å². The second-order valence-electron chi connectivity index (χ2n) is 6.95. The van der Waals surface area contributed by atoms with Crippen molar-refractivity contribution < 1.29 is 30.6 Å².